The van der Waals surface area contributed by atoms with Gasteiger partial charge in [-0.2, -0.15) is 0 Å². The van der Waals surface area contributed by atoms with Crippen molar-refractivity contribution < 1.29 is 19.1 Å². The number of carbonyl (C=O) groups is 2. The maximum absolute atomic E-state index is 12.5. The van der Waals surface area contributed by atoms with Crippen LogP contribution in [0.4, 0.5) is 4.79 Å². The van der Waals surface area contributed by atoms with Crippen LogP contribution in [0.15, 0.2) is 0 Å². The van der Waals surface area contributed by atoms with E-state index in [2.05, 4.69) is 12.2 Å². The van der Waals surface area contributed by atoms with E-state index in [1.54, 1.807) is 0 Å². The number of ether oxygens (including phenoxy) is 2. The number of piperidine rings is 1. The number of hydrogen-bond donors (Lipinski definition) is 1. The fourth-order valence-electron chi connectivity index (χ4n) is 3.92. The number of nitrogens with zero attached hydrogens (tertiary/aromatic N) is 2. The highest BCUT2D eigenvalue weighted by molar-refractivity contribution is 5.81. The van der Waals surface area contributed by atoms with E-state index < -0.39 is 5.60 Å². The first-order valence-corrected chi connectivity index (χ1v) is 9.72. The monoisotopic (exact) mass is 353 g/mol. The molecule has 0 aromatic carbocycles. The van der Waals surface area contributed by atoms with Gasteiger partial charge in [-0.05, 0) is 6.42 Å². The summed E-state index contributed by atoms with van der Waals surface area (Å²) in [5.41, 5.74) is -0.399. The number of nitrogens with one attached hydrogen (secondary N) is 1. The second-order valence-corrected chi connectivity index (χ2v) is 7.42. The Labute approximate surface area is 150 Å². The Morgan fingerprint density at radius 2 is 2.08 bits per heavy atom. The summed E-state index contributed by atoms with van der Waals surface area (Å²) in [6.07, 6.45) is 5.48. The lowest BCUT2D eigenvalue weighted by Crippen LogP contribution is -2.54. The summed E-state index contributed by atoms with van der Waals surface area (Å²) in [5.74, 6) is 0.0581. The molecule has 0 saturated carbocycles. The van der Waals surface area contributed by atoms with E-state index in [9.17, 15) is 9.59 Å². The van der Waals surface area contributed by atoms with Gasteiger partial charge in [-0.25, -0.2) is 4.79 Å². The molecule has 7 heteroatoms. The van der Waals surface area contributed by atoms with Crippen molar-refractivity contribution in [2.24, 2.45) is 0 Å². The Morgan fingerprint density at radius 3 is 2.76 bits per heavy atom. The topological polar surface area (TPSA) is 71.1 Å². The van der Waals surface area contributed by atoms with Crippen LogP contribution in [0.25, 0.3) is 0 Å². The van der Waals surface area contributed by atoms with E-state index in [0.717, 1.165) is 38.8 Å². The largest absolute Gasteiger partial charge is 0.441 e. The molecule has 3 aliphatic heterocycles. The quantitative estimate of drug-likeness (QED) is 0.730. The molecule has 25 heavy (non-hydrogen) atoms. The van der Waals surface area contributed by atoms with E-state index in [0.29, 0.717) is 32.8 Å². The highest BCUT2D eigenvalue weighted by Gasteiger charge is 2.47. The maximum Gasteiger partial charge on any atom is 0.410 e. The summed E-state index contributed by atoms with van der Waals surface area (Å²) in [6.45, 7) is 6.87. The van der Waals surface area contributed by atoms with Crippen LogP contribution in [-0.4, -0.2) is 79.4 Å². The van der Waals surface area contributed by atoms with Gasteiger partial charge in [0.2, 0.25) is 0 Å². The molecule has 3 saturated heterocycles. The van der Waals surface area contributed by atoms with Gasteiger partial charge in [-0.1, -0.05) is 26.2 Å². The van der Waals surface area contributed by atoms with E-state index in [-0.39, 0.29) is 18.1 Å². The third-order valence-corrected chi connectivity index (χ3v) is 5.51. The minimum Gasteiger partial charge on any atom is -0.441 e. The molecule has 0 aliphatic carbocycles. The smallest absolute Gasteiger partial charge is 0.410 e. The fraction of sp³-hybridized carbons (Fsp3) is 0.889. The molecule has 3 fully saturated rings. The minimum atomic E-state index is -0.399. The summed E-state index contributed by atoms with van der Waals surface area (Å²) in [6, 6.07) is 0. The molecule has 3 rings (SSSR count). The highest BCUT2D eigenvalue weighted by Crippen LogP contribution is 2.33. The van der Waals surface area contributed by atoms with Crippen LogP contribution in [0.1, 0.15) is 45.4 Å². The number of likely N-dealkylation sites (tertiary alicyclic amines) is 1. The Balaban J connectivity index is 1.46. The summed E-state index contributed by atoms with van der Waals surface area (Å²) in [4.78, 5) is 28.4. The van der Waals surface area contributed by atoms with Gasteiger partial charge in [0.1, 0.15) is 11.7 Å². The number of amides is 2. The lowest BCUT2D eigenvalue weighted by atomic mass is 9.91. The molecule has 0 unspecified atom stereocenters. The average Bonchev–Trinajstić information content (AvgIpc) is 2.95. The van der Waals surface area contributed by atoms with Gasteiger partial charge in [0.05, 0.1) is 13.2 Å². The van der Waals surface area contributed by atoms with Crippen molar-refractivity contribution in [1.29, 1.82) is 0 Å². The van der Waals surface area contributed by atoms with Crippen LogP contribution in [0.3, 0.4) is 0 Å². The SMILES string of the molecule is CCCCCCN1CC2(CCN(C(=O)[C@H]3CNCCO3)CC2)OC1=O. The van der Waals surface area contributed by atoms with Crippen molar-refractivity contribution >= 4 is 12.0 Å². The van der Waals surface area contributed by atoms with Gasteiger partial charge >= 0.3 is 6.09 Å². The van der Waals surface area contributed by atoms with Gasteiger partial charge < -0.3 is 24.6 Å². The van der Waals surface area contributed by atoms with Gasteiger partial charge in [-0.3, -0.25) is 4.79 Å². The van der Waals surface area contributed by atoms with Crippen LogP contribution >= 0.6 is 0 Å². The third kappa shape index (κ3) is 4.44. The van der Waals surface area contributed by atoms with Crippen molar-refractivity contribution in [3.05, 3.63) is 0 Å². The van der Waals surface area contributed by atoms with Crippen LogP contribution < -0.4 is 5.32 Å². The maximum atomic E-state index is 12.5. The fourth-order valence-corrected chi connectivity index (χ4v) is 3.92. The van der Waals surface area contributed by atoms with Crippen molar-refractivity contribution in [3.8, 4) is 0 Å². The van der Waals surface area contributed by atoms with Crippen LogP contribution in [-0.2, 0) is 14.3 Å². The van der Waals surface area contributed by atoms with E-state index in [1.165, 1.54) is 12.8 Å². The summed E-state index contributed by atoms with van der Waals surface area (Å²) < 4.78 is 11.3. The average molecular weight is 353 g/mol. The number of carbonyl (C=O) groups excluding carboxylic acids is 2. The van der Waals surface area contributed by atoms with Crippen molar-refractivity contribution in [3.63, 3.8) is 0 Å². The predicted molar refractivity (Wildman–Crippen MR) is 93.4 cm³/mol. The molecule has 3 heterocycles. The molecule has 1 spiro atoms. The molecule has 1 N–H and O–H groups in total. The van der Waals surface area contributed by atoms with E-state index in [1.807, 2.05) is 9.80 Å². The van der Waals surface area contributed by atoms with Crippen molar-refractivity contribution in [2.75, 3.05) is 45.9 Å². The highest BCUT2D eigenvalue weighted by atomic mass is 16.6. The van der Waals surface area contributed by atoms with Crippen LogP contribution in [0, 0.1) is 0 Å². The van der Waals surface area contributed by atoms with Gasteiger partial charge in [0, 0.05) is 45.6 Å². The van der Waals surface area contributed by atoms with Crippen molar-refractivity contribution in [2.45, 2.75) is 57.2 Å². The molecule has 0 radical (unpaired) electrons. The zero-order chi connectivity index (χ0) is 17.7. The van der Waals surface area contributed by atoms with Crippen LogP contribution in [0.2, 0.25) is 0 Å². The third-order valence-electron chi connectivity index (χ3n) is 5.51. The lowest BCUT2D eigenvalue weighted by Gasteiger charge is -2.39. The zero-order valence-electron chi connectivity index (χ0n) is 15.3. The summed E-state index contributed by atoms with van der Waals surface area (Å²) in [7, 11) is 0. The molecule has 0 aromatic heterocycles. The minimum absolute atomic E-state index is 0.0581. The zero-order valence-corrected chi connectivity index (χ0v) is 15.3. The molecule has 2 amide bonds. The Hall–Kier alpha value is -1.34. The van der Waals surface area contributed by atoms with E-state index >= 15 is 0 Å². The number of morpholine rings is 1. The Morgan fingerprint density at radius 1 is 1.28 bits per heavy atom. The second-order valence-electron chi connectivity index (χ2n) is 7.42. The molecular weight excluding hydrogens is 322 g/mol. The van der Waals surface area contributed by atoms with Gasteiger partial charge in [-0.15, -0.1) is 0 Å². The first-order valence-electron chi connectivity index (χ1n) is 9.72. The van der Waals surface area contributed by atoms with Gasteiger partial charge in [0.15, 0.2) is 0 Å². The number of hydrogen-bond acceptors (Lipinski definition) is 5. The molecular formula is C18H31N3O4. The molecule has 1 atom stereocenters. The standard InChI is InChI=1S/C18H31N3O4/c1-2-3-4-5-9-21-14-18(25-17(21)23)6-10-20(11-7-18)16(22)15-13-19-8-12-24-15/h15,19H,2-14H2,1H3/t15-/m1/s1. The molecule has 0 bridgehead atoms. The number of unbranched alkanes of at least 4 members (excludes halogenated alkanes) is 3. The second kappa shape index (κ2) is 8.36. The Kier molecular flexibility index (Phi) is 6.17. The number of rotatable bonds is 6. The normalized spacial score (nSPS) is 26.1. The van der Waals surface area contributed by atoms with E-state index in [4.69, 9.17) is 9.47 Å². The lowest BCUT2D eigenvalue weighted by molar-refractivity contribution is -0.148. The van der Waals surface area contributed by atoms with Crippen molar-refractivity contribution in [1.82, 2.24) is 15.1 Å². The summed E-state index contributed by atoms with van der Waals surface area (Å²) >= 11 is 0. The van der Waals surface area contributed by atoms with Gasteiger partial charge in [0.25, 0.3) is 5.91 Å². The molecule has 0 aromatic rings. The first kappa shape index (κ1) is 18.5. The molecule has 7 nitrogen and oxygen atoms in total. The predicted octanol–water partition coefficient (Wildman–Crippen LogP) is 1.37. The summed E-state index contributed by atoms with van der Waals surface area (Å²) in [5, 5.41) is 3.19. The molecule has 142 valence electrons. The van der Waals surface area contributed by atoms with Crippen LogP contribution in [0.5, 0.6) is 0 Å². The molecule has 3 aliphatic rings. The Bertz CT molecular complexity index is 471. The first-order chi connectivity index (χ1) is 12.1.